The lowest BCUT2D eigenvalue weighted by molar-refractivity contribution is -0.146. The maximum atomic E-state index is 14.0. The SMILES string of the molecule is C=CCN1C(=O)[C@@]2(O[C@H](CCO)[C@@H]([Si](C)(C)c3ccc(OC)cc3)[C@@H]2C)c2cc(I)ccc21. The van der Waals surface area contributed by atoms with Gasteiger partial charge in [-0.05, 0) is 64.9 Å². The average molecular weight is 578 g/mol. The first-order chi connectivity index (χ1) is 15.7. The van der Waals surface area contributed by atoms with E-state index in [2.05, 4.69) is 67.4 Å². The van der Waals surface area contributed by atoms with E-state index in [0.717, 1.165) is 20.6 Å². The number of carbonyl (C=O) groups is 1. The highest BCUT2D eigenvalue weighted by atomic mass is 127. The second kappa shape index (κ2) is 9.17. The molecule has 0 bridgehead atoms. The van der Waals surface area contributed by atoms with Gasteiger partial charge in [-0.1, -0.05) is 43.4 Å². The number of halogens is 1. The van der Waals surface area contributed by atoms with Gasteiger partial charge in [-0.15, -0.1) is 6.58 Å². The van der Waals surface area contributed by atoms with E-state index >= 15 is 0 Å². The van der Waals surface area contributed by atoms with Gasteiger partial charge in [0.05, 0.1) is 27.0 Å². The van der Waals surface area contributed by atoms with Gasteiger partial charge in [-0.25, -0.2) is 0 Å². The van der Waals surface area contributed by atoms with Crippen molar-refractivity contribution in [2.45, 2.75) is 43.7 Å². The van der Waals surface area contributed by atoms with Crippen molar-refractivity contribution >= 4 is 47.4 Å². The number of nitrogens with zero attached hydrogens (tertiary/aromatic N) is 1. The molecule has 0 aromatic heterocycles. The Hall–Kier alpha value is -1.68. The highest BCUT2D eigenvalue weighted by molar-refractivity contribution is 14.1. The van der Waals surface area contributed by atoms with Gasteiger partial charge in [0.15, 0.2) is 5.60 Å². The van der Waals surface area contributed by atoms with Crippen LogP contribution in [0.1, 0.15) is 18.9 Å². The number of methoxy groups -OCH3 is 1. The smallest absolute Gasteiger partial charge is 0.264 e. The van der Waals surface area contributed by atoms with Crippen molar-refractivity contribution < 1.29 is 19.4 Å². The van der Waals surface area contributed by atoms with E-state index in [9.17, 15) is 9.90 Å². The highest BCUT2D eigenvalue weighted by Gasteiger charge is 2.66. The van der Waals surface area contributed by atoms with Crippen molar-refractivity contribution in [2.24, 2.45) is 5.92 Å². The molecule has 4 rings (SSSR count). The summed E-state index contributed by atoms with van der Waals surface area (Å²) in [5.41, 5.74) is 0.954. The van der Waals surface area contributed by atoms with E-state index in [1.165, 1.54) is 5.19 Å². The van der Waals surface area contributed by atoms with E-state index in [-0.39, 0.29) is 30.1 Å². The first-order valence-electron chi connectivity index (χ1n) is 11.4. The van der Waals surface area contributed by atoms with E-state index < -0.39 is 13.7 Å². The van der Waals surface area contributed by atoms with Crippen molar-refractivity contribution in [3.63, 3.8) is 0 Å². The number of benzene rings is 2. The minimum atomic E-state index is -2.13. The second-order valence-corrected chi connectivity index (χ2v) is 15.5. The molecule has 2 aromatic rings. The van der Waals surface area contributed by atoms with E-state index in [1.54, 1.807) is 18.1 Å². The number of anilines is 1. The topological polar surface area (TPSA) is 59.0 Å². The van der Waals surface area contributed by atoms with Crippen LogP contribution in [0.15, 0.2) is 55.1 Å². The van der Waals surface area contributed by atoms with Gasteiger partial charge in [0.2, 0.25) is 0 Å². The monoisotopic (exact) mass is 577 g/mol. The molecule has 33 heavy (non-hydrogen) atoms. The molecular formula is C26H32INO4Si. The van der Waals surface area contributed by atoms with E-state index in [1.807, 2.05) is 24.3 Å². The van der Waals surface area contributed by atoms with Crippen molar-refractivity contribution in [3.8, 4) is 5.75 Å². The summed E-state index contributed by atoms with van der Waals surface area (Å²) in [7, 11) is -0.457. The van der Waals surface area contributed by atoms with Crippen LogP contribution in [0.3, 0.4) is 0 Å². The molecule has 1 N–H and O–H groups in total. The van der Waals surface area contributed by atoms with Gasteiger partial charge in [0, 0.05) is 28.2 Å². The molecule has 0 radical (unpaired) electrons. The molecular weight excluding hydrogens is 545 g/mol. The summed E-state index contributed by atoms with van der Waals surface area (Å²) in [6, 6.07) is 14.4. The fraction of sp³-hybridized carbons (Fsp3) is 0.423. The van der Waals surface area contributed by atoms with Crippen LogP contribution in [0.2, 0.25) is 18.6 Å². The lowest BCUT2D eigenvalue weighted by Gasteiger charge is -2.37. The molecule has 1 fully saturated rings. The zero-order chi connectivity index (χ0) is 24.0. The van der Waals surface area contributed by atoms with Crippen molar-refractivity contribution in [2.75, 3.05) is 25.2 Å². The van der Waals surface area contributed by atoms with Gasteiger partial charge in [0.1, 0.15) is 5.75 Å². The van der Waals surface area contributed by atoms with Crippen LogP contribution >= 0.6 is 22.6 Å². The van der Waals surface area contributed by atoms with Crippen LogP contribution in [0.5, 0.6) is 5.75 Å². The predicted molar refractivity (Wildman–Crippen MR) is 143 cm³/mol. The number of amides is 1. The maximum absolute atomic E-state index is 14.0. The minimum Gasteiger partial charge on any atom is -0.497 e. The predicted octanol–water partition coefficient (Wildman–Crippen LogP) is 4.43. The lowest BCUT2D eigenvalue weighted by Crippen LogP contribution is -2.51. The largest absolute Gasteiger partial charge is 0.497 e. The molecule has 0 aliphatic carbocycles. The number of hydrogen-bond donors (Lipinski definition) is 1. The molecule has 2 aliphatic heterocycles. The number of aliphatic hydroxyl groups is 1. The molecule has 2 heterocycles. The van der Waals surface area contributed by atoms with Gasteiger partial charge in [-0.2, -0.15) is 0 Å². The Morgan fingerprint density at radius 3 is 2.58 bits per heavy atom. The van der Waals surface area contributed by atoms with Gasteiger partial charge < -0.3 is 19.5 Å². The molecule has 2 aliphatic rings. The van der Waals surface area contributed by atoms with Gasteiger partial charge in [0.25, 0.3) is 5.91 Å². The third-order valence-corrected chi connectivity index (χ3v) is 12.6. The molecule has 7 heteroatoms. The van der Waals surface area contributed by atoms with Crippen LogP contribution in [0.4, 0.5) is 5.69 Å². The molecule has 176 valence electrons. The minimum absolute atomic E-state index is 0.0168. The van der Waals surface area contributed by atoms with Crippen LogP contribution in [-0.4, -0.2) is 45.5 Å². The number of rotatable bonds is 7. The molecule has 4 atom stereocenters. The summed E-state index contributed by atoms with van der Waals surface area (Å²) in [6.45, 7) is 11.2. The molecule has 1 amide bonds. The normalized spacial score (nSPS) is 26.7. The molecule has 1 spiro atoms. The van der Waals surface area contributed by atoms with Crippen molar-refractivity contribution in [3.05, 3.63) is 64.3 Å². The maximum Gasteiger partial charge on any atom is 0.264 e. The Balaban J connectivity index is 1.84. The quantitative estimate of drug-likeness (QED) is 0.301. The second-order valence-electron chi connectivity index (χ2n) is 9.53. The summed E-state index contributed by atoms with van der Waals surface area (Å²) in [5, 5.41) is 11.2. The Bertz CT molecular complexity index is 1060. The van der Waals surface area contributed by atoms with Crippen molar-refractivity contribution in [1.82, 2.24) is 0 Å². The first kappa shape index (κ1) is 24.4. The molecule has 0 saturated carbocycles. The Labute approximate surface area is 210 Å². The molecule has 1 saturated heterocycles. The number of carbonyl (C=O) groups excluding carboxylic acids is 1. The Kier molecular flexibility index (Phi) is 6.79. The summed E-state index contributed by atoms with van der Waals surface area (Å²) >= 11 is 2.30. The van der Waals surface area contributed by atoms with Crippen LogP contribution in [0, 0.1) is 9.49 Å². The third kappa shape index (κ3) is 3.77. The Morgan fingerprint density at radius 1 is 1.27 bits per heavy atom. The number of aliphatic hydroxyl groups excluding tert-OH is 1. The fourth-order valence-corrected chi connectivity index (χ4v) is 10.5. The number of hydrogen-bond acceptors (Lipinski definition) is 4. The Morgan fingerprint density at radius 2 is 1.97 bits per heavy atom. The lowest BCUT2D eigenvalue weighted by atomic mass is 9.82. The van der Waals surface area contributed by atoms with E-state index in [4.69, 9.17) is 9.47 Å². The van der Waals surface area contributed by atoms with Crippen LogP contribution in [0.25, 0.3) is 0 Å². The third-order valence-electron chi connectivity index (χ3n) is 7.52. The van der Waals surface area contributed by atoms with Gasteiger partial charge in [-0.3, -0.25) is 4.79 Å². The first-order valence-corrected chi connectivity index (χ1v) is 15.5. The average Bonchev–Trinajstić information content (AvgIpc) is 3.21. The number of ether oxygens (including phenoxy) is 2. The summed E-state index contributed by atoms with van der Waals surface area (Å²) < 4.78 is 13.3. The summed E-state index contributed by atoms with van der Waals surface area (Å²) in [6.07, 6.45) is 2.07. The molecule has 2 aromatic carbocycles. The van der Waals surface area contributed by atoms with Crippen LogP contribution < -0.4 is 14.8 Å². The van der Waals surface area contributed by atoms with Crippen LogP contribution in [-0.2, 0) is 15.1 Å². The summed E-state index contributed by atoms with van der Waals surface area (Å²) in [4.78, 5) is 15.8. The highest BCUT2D eigenvalue weighted by Crippen LogP contribution is 2.59. The van der Waals surface area contributed by atoms with E-state index in [0.29, 0.717) is 13.0 Å². The zero-order valence-electron chi connectivity index (χ0n) is 19.7. The van der Waals surface area contributed by atoms with Gasteiger partial charge >= 0.3 is 0 Å². The van der Waals surface area contributed by atoms with Crippen molar-refractivity contribution in [1.29, 1.82) is 0 Å². The standard InChI is InChI=1S/C26H32INO4Si/c1-6-14-28-22-12-7-18(27)16-21(22)26(25(28)30)17(2)24(23(32-26)13-15-29)33(4,5)20-10-8-19(31-3)9-11-20/h6-12,16-17,23-24,29H,1,13-15H2,2-5H3/t17-,23+,24-,26-/m0/s1. The number of fused-ring (bicyclic) bond motifs is 2. The molecule has 0 unspecified atom stereocenters. The molecule has 5 nitrogen and oxygen atoms in total. The zero-order valence-corrected chi connectivity index (χ0v) is 22.8. The summed E-state index contributed by atoms with van der Waals surface area (Å²) in [5.74, 6) is 0.770. The fourth-order valence-electron chi connectivity index (χ4n) is 5.99.